The molecule has 0 saturated carbocycles. The first kappa shape index (κ1) is 31.3. The third kappa shape index (κ3) is 11.3. The highest BCUT2D eigenvalue weighted by molar-refractivity contribution is 5.94. The van der Waals surface area contributed by atoms with E-state index < -0.39 is 59.9 Å². The van der Waals surface area contributed by atoms with Crippen molar-refractivity contribution in [3.8, 4) is 0 Å². The van der Waals surface area contributed by atoms with Crippen LogP contribution in [0.2, 0.25) is 0 Å². The Morgan fingerprint density at radius 1 is 0.919 bits per heavy atom. The molecule has 0 aromatic heterocycles. The Labute approximate surface area is 216 Å². The Hall–Kier alpha value is -3.71. The first-order chi connectivity index (χ1) is 17.3. The van der Waals surface area contributed by atoms with E-state index >= 15 is 0 Å². The fourth-order valence-electron chi connectivity index (χ4n) is 3.41. The number of guanidine groups is 1. The standard InChI is InChI=1S/C24H39N7O6/c1-13(2)18(22(35)31-19(14(3)32)23(36)37)30-21(34)17(12-15-8-5-4-6-9-15)29-20(33)16(25)10-7-11-28-24(26)27/h4-6,8-9,13-14,16-19,32H,7,10-12,25H2,1-3H3,(H,29,33)(H,30,34)(H,31,35)(H,36,37)(H4,26,27,28). The molecule has 13 nitrogen and oxygen atoms in total. The van der Waals surface area contributed by atoms with Gasteiger partial charge in [0.15, 0.2) is 12.0 Å². The van der Waals surface area contributed by atoms with Crippen molar-refractivity contribution in [3.05, 3.63) is 35.9 Å². The predicted molar refractivity (Wildman–Crippen MR) is 138 cm³/mol. The van der Waals surface area contributed by atoms with Gasteiger partial charge in [0.25, 0.3) is 0 Å². The van der Waals surface area contributed by atoms with Crippen LogP contribution in [0.15, 0.2) is 35.3 Å². The molecule has 5 unspecified atom stereocenters. The lowest BCUT2D eigenvalue weighted by atomic mass is 10.00. The van der Waals surface area contributed by atoms with Gasteiger partial charge < -0.3 is 43.4 Å². The van der Waals surface area contributed by atoms with Crippen LogP contribution in [0.4, 0.5) is 0 Å². The first-order valence-electron chi connectivity index (χ1n) is 12.0. The second-order valence-corrected chi connectivity index (χ2v) is 9.10. The lowest BCUT2D eigenvalue weighted by molar-refractivity contribution is -0.145. The van der Waals surface area contributed by atoms with Gasteiger partial charge in [0.1, 0.15) is 12.1 Å². The second kappa shape index (κ2) is 15.4. The quantitative estimate of drug-likeness (QED) is 0.0736. The molecule has 0 radical (unpaired) electrons. The monoisotopic (exact) mass is 521 g/mol. The van der Waals surface area contributed by atoms with Crippen molar-refractivity contribution >= 4 is 29.7 Å². The van der Waals surface area contributed by atoms with Gasteiger partial charge in [0.05, 0.1) is 12.1 Å². The van der Waals surface area contributed by atoms with E-state index in [0.29, 0.717) is 13.0 Å². The fraction of sp³-hybridized carbons (Fsp3) is 0.542. The average molecular weight is 522 g/mol. The van der Waals surface area contributed by atoms with Gasteiger partial charge in [0.2, 0.25) is 17.7 Å². The summed E-state index contributed by atoms with van der Waals surface area (Å²) in [5.41, 5.74) is 17.3. The molecule has 1 aromatic carbocycles. The molecule has 1 aromatic rings. The molecule has 0 aliphatic carbocycles. The SMILES string of the molecule is CC(C)C(NC(=O)C(Cc1ccccc1)NC(=O)C(N)CCCN=C(N)N)C(=O)NC(C(=O)O)C(C)O. The van der Waals surface area contributed by atoms with E-state index in [4.69, 9.17) is 17.2 Å². The number of aliphatic hydroxyl groups is 1. The van der Waals surface area contributed by atoms with Crippen molar-refractivity contribution in [2.75, 3.05) is 6.54 Å². The van der Waals surface area contributed by atoms with E-state index in [1.165, 1.54) is 6.92 Å². The lowest BCUT2D eigenvalue weighted by Gasteiger charge is -2.27. The number of hydrogen-bond donors (Lipinski definition) is 8. The minimum absolute atomic E-state index is 0.0653. The zero-order chi connectivity index (χ0) is 28.1. The largest absolute Gasteiger partial charge is 0.480 e. The average Bonchev–Trinajstić information content (AvgIpc) is 2.82. The van der Waals surface area contributed by atoms with Crippen LogP contribution in [-0.4, -0.2) is 76.7 Å². The number of carbonyl (C=O) groups excluding carboxylic acids is 3. The Balaban J connectivity index is 3.01. The number of hydrogen-bond acceptors (Lipinski definition) is 7. The van der Waals surface area contributed by atoms with Gasteiger partial charge in [-0.1, -0.05) is 44.2 Å². The lowest BCUT2D eigenvalue weighted by Crippen LogP contribution is -2.59. The summed E-state index contributed by atoms with van der Waals surface area (Å²) in [4.78, 5) is 54.0. The van der Waals surface area contributed by atoms with E-state index in [1.54, 1.807) is 38.1 Å². The number of carbonyl (C=O) groups is 4. The van der Waals surface area contributed by atoms with Gasteiger partial charge in [-0.2, -0.15) is 0 Å². The zero-order valence-electron chi connectivity index (χ0n) is 21.4. The summed E-state index contributed by atoms with van der Waals surface area (Å²) >= 11 is 0. The molecule has 5 atom stereocenters. The van der Waals surface area contributed by atoms with E-state index in [1.807, 2.05) is 6.07 Å². The van der Waals surface area contributed by atoms with Crippen molar-refractivity contribution in [1.82, 2.24) is 16.0 Å². The van der Waals surface area contributed by atoms with Gasteiger partial charge in [-0.05, 0) is 31.2 Å². The van der Waals surface area contributed by atoms with Crippen LogP contribution in [0, 0.1) is 5.92 Å². The molecule has 206 valence electrons. The normalized spacial score (nSPS) is 15.0. The first-order valence-corrected chi connectivity index (χ1v) is 12.0. The third-order valence-corrected chi connectivity index (χ3v) is 5.51. The molecule has 1 rings (SSSR count). The Morgan fingerprint density at radius 3 is 2.03 bits per heavy atom. The fourth-order valence-corrected chi connectivity index (χ4v) is 3.41. The smallest absolute Gasteiger partial charge is 0.328 e. The van der Waals surface area contributed by atoms with Crippen molar-refractivity contribution in [2.45, 2.75) is 70.3 Å². The number of nitrogens with two attached hydrogens (primary N) is 3. The molecule has 0 spiro atoms. The molecule has 3 amide bonds. The zero-order valence-corrected chi connectivity index (χ0v) is 21.4. The molecule has 0 aliphatic rings. The highest BCUT2D eigenvalue weighted by Gasteiger charge is 2.33. The van der Waals surface area contributed by atoms with E-state index in [-0.39, 0.29) is 18.8 Å². The highest BCUT2D eigenvalue weighted by Crippen LogP contribution is 2.08. The Morgan fingerprint density at radius 2 is 1.51 bits per heavy atom. The molecule has 0 bridgehead atoms. The topological polar surface area (TPSA) is 235 Å². The van der Waals surface area contributed by atoms with Crippen molar-refractivity contribution in [1.29, 1.82) is 0 Å². The number of aliphatic imine (C=N–C) groups is 1. The van der Waals surface area contributed by atoms with Gasteiger partial charge >= 0.3 is 5.97 Å². The highest BCUT2D eigenvalue weighted by atomic mass is 16.4. The van der Waals surface area contributed by atoms with Crippen molar-refractivity contribution in [3.63, 3.8) is 0 Å². The minimum Gasteiger partial charge on any atom is -0.480 e. The van der Waals surface area contributed by atoms with E-state index in [0.717, 1.165) is 5.56 Å². The maximum atomic E-state index is 13.3. The van der Waals surface area contributed by atoms with Crippen LogP contribution in [-0.2, 0) is 25.6 Å². The second-order valence-electron chi connectivity index (χ2n) is 9.10. The van der Waals surface area contributed by atoms with Gasteiger partial charge in [-0.25, -0.2) is 4.79 Å². The third-order valence-electron chi connectivity index (χ3n) is 5.51. The summed E-state index contributed by atoms with van der Waals surface area (Å²) in [6, 6.07) is 4.28. The van der Waals surface area contributed by atoms with E-state index in [2.05, 4.69) is 20.9 Å². The predicted octanol–water partition coefficient (Wildman–Crippen LogP) is -1.81. The van der Waals surface area contributed by atoms with Crippen LogP contribution < -0.4 is 33.2 Å². The summed E-state index contributed by atoms with van der Waals surface area (Å²) in [6.45, 7) is 4.86. The minimum atomic E-state index is -1.55. The maximum Gasteiger partial charge on any atom is 0.328 e. The summed E-state index contributed by atoms with van der Waals surface area (Å²) in [7, 11) is 0. The summed E-state index contributed by atoms with van der Waals surface area (Å²) in [5, 5.41) is 26.4. The van der Waals surface area contributed by atoms with Crippen molar-refractivity contribution in [2.24, 2.45) is 28.1 Å². The number of nitrogens with zero attached hydrogens (tertiary/aromatic N) is 1. The summed E-state index contributed by atoms with van der Waals surface area (Å²) in [6.07, 6.45) is -0.513. The Bertz CT molecular complexity index is 935. The number of aliphatic hydroxyl groups excluding tert-OH is 1. The molecular weight excluding hydrogens is 482 g/mol. The summed E-state index contributed by atoms with van der Waals surface area (Å²) < 4.78 is 0. The number of carboxylic acids is 1. The Kier molecular flexibility index (Phi) is 13.0. The van der Waals surface area contributed by atoms with Crippen LogP contribution in [0.5, 0.6) is 0 Å². The molecule has 11 N–H and O–H groups in total. The van der Waals surface area contributed by atoms with E-state index in [9.17, 15) is 29.4 Å². The van der Waals surface area contributed by atoms with Gasteiger partial charge in [-0.15, -0.1) is 0 Å². The molecule has 0 aliphatic heterocycles. The molecule has 13 heteroatoms. The van der Waals surface area contributed by atoms with Crippen LogP contribution in [0.25, 0.3) is 0 Å². The number of aliphatic carboxylic acids is 1. The molecular formula is C24H39N7O6. The molecule has 0 saturated heterocycles. The van der Waals surface area contributed by atoms with Crippen LogP contribution >= 0.6 is 0 Å². The summed E-state index contributed by atoms with van der Waals surface area (Å²) in [5.74, 6) is -3.91. The molecule has 0 fully saturated rings. The number of benzene rings is 1. The molecule has 0 heterocycles. The number of nitrogens with one attached hydrogen (secondary N) is 3. The van der Waals surface area contributed by atoms with Crippen molar-refractivity contribution < 1.29 is 29.4 Å². The number of carboxylic acid groups (broad SMARTS) is 1. The van der Waals surface area contributed by atoms with Gasteiger partial charge in [-0.3, -0.25) is 19.4 Å². The molecule has 37 heavy (non-hydrogen) atoms. The van der Waals surface area contributed by atoms with Crippen LogP contribution in [0.3, 0.4) is 0 Å². The van der Waals surface area contributed by atoms with Gasteiger partial charge in [0, 0.05) is 13.0 Å². The number of rotatable bonds is 15. The van der Waals surface area contributed by atoms with Crippen LogP contribution in [0.1, 0.15) is 39.2 Å². The maximum absolute atomic E-state index is 13.3. The number of amides is 3.